The van der Waals surface area contributed by atoms with E-state index in [4.69, 9.17) is 5.26 Å². The van der Waals surface area contributed by atoms with Crippen molar-refractivity contribution in [3.8, 4) is 6.07 Å². The minimum absolute atomic E-state index is 0.450. The first-order valence-corrected chi connectivity index (χ1v) is 4.44. The summed E-state index contributed by atoms with van der Waals surface area (Å²) < 4.78 is 0. The molecule has 0 aliphatic heterocycles. The van der Waals surface area contributed by atoms with Crippen molar-refractivity contribution in [2.24, 2.45) is 5.41 Å². The molecule has 4 nitrogen and oxygen atoms in total. The number of nitrogens with one attached hydrogen (secondary N) is 1. The lowest BCUT2D eigenvalue weighted by Crippen LogP contribution is -2.20. The predicted molar refractivity (Wildman–Crippen MR) is 51.0 cm³/mol. The van der Waals surface area contributed by atoms with E-state index in [0.29, 0.717) is 6.42 Å². The van der Waals surface area contributed by atoms with Crippen molar-refractivity contribution in [2.45, 2.75) is 12.8 Å². The Morgan fingerprint density at radius 1 is 1.57 bits per heavy atom. The van der Waals surface area contributed by atoms with Gasteiger partial charge in [-0.25, -0.2) is 4.98 Å². The van der Waals surface area contributed by atoms with E-state index >= 15 is 0 Å². The number of hydrogen-bond acceptors (Lipinski definition) is 3. The highest BCUT2D eigenvalue weighted by Crippen LogP contribution is 2.29. The van der Waals surface area contributed by atoms with Crippen molar-refractivity contribution in [3.05, 3.63) is 36.5 Å². The fraction of sp³-hybridized carbons (Fsp3) is 0.300. The zero-order valence-electron chi connectivity index (χ0n) is 7.64. The minimum Gasteiger partial charge on any atom is -0.263 e. The van der Waals surface area contributed by atoms with E-state index in [0.717, 1.165) is 12.2 Å². The fourth-order valence-electron chi connectivity index (χ4n) is 1.53. The van der Waals surface area contributed by atoms with E-state index in [2.05, 4.69) is 21.3 Å². The highest BCUT2D eigenvalue weighted by atomic mass is 15.2. The lowest BCUT2D eigenvalue weighted by Gasteiger charge is -2.21. The van der Waals surface area contributed by atoms with Crippen LogP contribution in [0.5, 0.6) is 0 Å². The van der Waals surface area contributed by atoms with Gasteiger partial charge >= 0.3 is 0 Å². The van der Waals surface area contributed by atoms with Crippen LogP contribution in [0.4, 0.5) is 0 Å². The van der Waals surface area contributed by atoms with Gasteiger partial charge in [0.2, 0.25) is 0 Å². The lowest BCUT2D eigenvalue weighted by molar-refractivity contribution is 0.493. The molecule has 0 aromatic carbocycles. The largest absolute Gasteiger partial charge is 0.263 e. The van der Waals surface area contributed by atoms with Crippen molar-refractivity contribution >= 4 is 0 Å². The standard InChI is InChI=1S/C10H10N4/c11-7-10(4-2-1-3-5-10)6-9-12-8-13-14-9/h1-4,8H,5-6H2,(H,12,13,14). The molecule has 1 aliphatic rings. The Labute approximate surface area is 82.0 Å². The molecular weight excluding hydrogens is 176 g/mol. The molecule has 70 valence electrons. The first kappa shape index (κ1) is 8.70. The van der Waals surface area contributed by atoms with Crippen molar-refractivity contribution in [2.75, 3.05) is 0 Å². The lowest BCUT2D eigenvalue weighted by atomic mass is 9.80. The summed E-state index contributed by atoms with van der Waals surface area (Å²) in [6, 6.07) is 2.33. The van der Waals surface area contributed by atoms with Gasteiger partial charge in [-0.2, -0.15) is 10.4 Å². The summed E-state index contributed by atoms with van der Waals surface area (Å²) in [4.78, 5) is 4.03. The van der Waals surface area contributed by atoms with Gasteiger partial charge in [-0.3, -0.25) is 5.10 Å². The fourth-order valence-corrected chi connectivity index (χ4v) is 1.53. The van der Waals surface area contributed by atoms with Gasteiger partial charge in [0.1, 0.15) is 12.2 Å². The van der Waals surface area contributed by atoms with Crippen molar-refractivity contribution in [3.63, 3.8) is 0 Å². The van der Waals surface area contributed by atoms with Crippen molar-refractivity contribution in [1.29, 1.82) is 5.26 Å². The monoisotopic (exact) mass is 186 g/mol. The Hall–Kier alpha value is -1.89. The molecule has 0 radical (unpaired) electrons. The predicted octanol–water partition coefficient (Wildman–Crippen LogP) is 1.37. The second-order valence-corrected chi connectivity index (χ2v) is 3.37. The van der Waals surface area contributed by atoms with Crippen LogP contribution in [-0.4, -0.2) is 15.2 Å². The molecule has 1 aromatic rings. The molecule has 0 amide bonds. The van der Waals surface area contributed by atoms with E-state index in [1.54, 1.807) is 0 Å². The maximum atomic E-state index is 9.14. The molecule has 0 fully saturated rings. The Bertz CT molecular complexity index is 396. The molecule has 1 N–H and O–H groups in total. The van der Waals surface area contributed by atoms with Crippen LogP contribution in [0.1, 0.15) is 12.2 Å². The number of aromatic nitrogens is 3. The zero-order chi connectivity index (χ0) is 9.86. The highest BCUT2D eigenvalue weighted by Gasteiger charge is 2.28. The Morgan fingerprint density at radius 2 is 2.50 bits per heavy atom. The van der Waals surface area contributed by atoms with Gasteiger partial charge in [0.15, 0.2) is 0 Å². The van der Waals surface area contributed by atoms with E-state index in [1.165, 1.54) is 6.33 Å². The molecule has 1 aliphatic carbocycles. The second kappa shape index (κ2) is 3.46. The van der Waals surface area contributed by atoms with Gasteiger partial charge in [0.05, 0.1) is 11.5 Å². The third-order valence-corrected chi connectivity index (χ3v) is 2.32. The molecule has 1 unspecified atom stereocenters. The van der Waals surface area contributed by atoms with Crippen LogP contribution in [0.2, 0.25) is 0 Å². The number of allylic oxidation sites excluding steroid dienone is 4. The van der Waals surface area contributed by atoms with Crippen LogP contribution in [0.3, 0.4) is 0 Å². The molecule has 0 saturated carbocycles. The SMILES string of the molecule is N#CC1(Cc2ncn[nH]2)C=CC=CC1. The Balaban J connectivity index is 2.19. The summed E-state index contributed by atoms with van der Waals surface area (Å²) in [7, 11) is 0. The van der Waals surface area contributed by atoms with Gasteiger partial charge in [-0.15, -0.1) is 0 Å². The van der Waals surface area contributed by atoms with Gasteiger partial charge in [-0.05, 0) is 6.42 Å². The molecule has 1 aromatic heterocycles. The van der Waals surface area contributed by atoms with Crippen molar-refractivity contribution < 1.29 is 0 Å². The number of nitrogens with zero attached hydrogens (tertiary/aromatic N) is 3. The van der Waals surface area contributed by atoms with E-state index in [1.807, 2.05) is 24.3 Å². The molecule has 4 heteroatoms. The highest BCUT2D eigenvalue weighted by molar-refractivity contribution is 5.25. The van der Waals surface area contributed by atoms with Crippen molar-refractivity contribution in [1.82, 2.24) is 15.2 Å². The first-order chi connectivity index (χ1) is 6.85. The molecule has 14 heavy (non-hydrogen) atoms. The molecule has 1 heterocycles. The number of aromatic amines is 1. The normalized spacial score (nSPS) is 24.8. The molecule has 0 bridgehead atoms. The number of rotatable bonds is 2. The van der Waals surface area contributed by atoms with Crippen LogP contribution < -0.4 is 0 Å². The second-order valence-electron chi connectivity index (χ2n) is 3.37. The van der Waals surface area contributed by atoms with E-state index in [-0.39, 0.29) is 0 Å². The summed E-state index contributed by atoms with van der Waals surface area (Å²) in [5, 5.41) is 15.7. The average Bonchev–Trinajstić information content (AvgIpc) is 2.72. The van der Waals surface area contributed by atoms with E-state index in [9.17, 15) is 0 Å². The molecule has 0 saturated heterocycles. The molecular formula is C10H10N4. The van der Waals surface area contributed by atoms with Gasteiger partial charge in [0, 0.05) is 6.42 Å². The topological polar surface area (TPSA) is 65.4 Å². The average molecular weight is 186 g/mol. The minimum atomic E-state index is -0.450. The Morgan fingerprint density at radius 3 is 3.07 bits per heavy atom. The van der Waals surface area contributed by atoms with Crippen LogP contribution in [0.15, 0.2) is 30.6 Å². The number of hydrogen-bond donors (Lipinski definition) is 1. The van der Waals surface area contributed by atoms with Gasteiger partial charge < -0.3 is 0 Å². The first-order valence-electron chi connectivity index (χ1n) is 4.44. The summed E-state index contributed by atoms with van der Waals surface area (Å²) in [5.41, 5.74) is -0.450. The number of nitriles is 1. The molecule has 1 atom stereocenters. The summed E-state index contributed by atoms with van der Waals surface area (Å²) in [6.07, 6.45) is 10.6. The quantitative estimate of drug-likeness (QED) is 0.758. The Kier molecular flexibility index (Phi) is 2.15. The zero-order valence-corrected chi connectivity index (χ0v) is 7.64. The van der Waals surface area contributed by atoms with Gasteiger partial charge in [0.25, 0.3) is 0 Å². The van der Waals surface area contributed by atoms with Crippen LogP contribution in [-0.2, 0) is 6.42 Å². The third kappa shape index (κ3) is 1.57. The maximum Gasteiger partial charge on any atom is 0.137 e. The maximum absolute atomic E-state index is 9.14. The summed E-state index contributed by atoms with van der Waals surface area (Å²) in [6.45, 7) is 0. The summed E-state index contributed by atoms with van der Waals surface area (Å²) in [5.74, 6) is 0.756. The van der Waals surface area contributed by atoms with Crippen LogP contribution in [0, 0.1) is 16.7 Å². The number of H-pyrrole nitrogens is 1. The smallest absolute Gasteiger partial charge is 0.137 e. The van der Waals surface area contributed by atoms with E-state index < -0.39 is 5.41 Å². The molecule has 2 rings (SSSR count). The summed E-state index contributed by atoms with van der Waals surface area (Å²) >= 11 is 0. The molecule has 0 spiro atoms. The third-order valence-electron chi connectivity index (χ3n) is 2.32. The van der Waals surface area contributed by atoms with Crippen LogP contribution in [0.25, 0.3) is 0 Å². The van der Waals surface area contributed by atoms with Gasteiger partial charge in [-0.1, -0.05) is 24.3 Å². The van der Waals surface area contributed by atoms with Crippen LogP contribution >= 0.6 is 0 Å².